The highest BCUT2D eigenvalue weighted by molar-refractivity contribution is 5.77. The minimum Gasteiger partial charge on any atom is -0.497 e. The second-order valence-corrected chi connectivity index (χ2v) is 5.33. The van der Waals surface area contributed by atoms with Gasteiger partial charge in [0.25, 0.3) is 0 Å². The van der Waals surface area contributed by atoms with E-state index >= 15 is 0 Å². The van der Waals surface area contributed by atoms with Gasteiger partial charge in [-0.3, -0.25) is 4.99 Å². The number of benzene rings is 1. The molecule has 0 spiro atoms. The maximum absolute atomic E-state index is 5.81. The molecule has 0 saturated heterocycles. The lowest BCUT2D eigenvalue weighted by atomic mass is 9.86. The zero-order valence-corrected chi connectivity index (χ0v) is 12.7. The summed E-state index contributed by atoms with van der Waals surface area (Å²) in [6, 6.07) is 7.61. The lowest BCUT2D eigenvalue weighted by Gasteiger charge is -2.23. The third kappa shape index (κ3) is 5.53. The fraction of sp³-hybridized carbons (Fsp3) is 0.562. The smallest absolute Gasteiger partial charge is 0.188 e. The molecule has 0 radical (unpaired) electrons. The van der Waals surface area contributed by atoms with Crippen molar-refractivity contribution in [3.05, 3.63) is 24.3 Å². The van der Waals surface area contributed by atoms with E-state index in [1.807, 2.05) is 24.3 Å². The van der Waals surface area contributed by atoms with Crippen LogP contribution in [-0.2, 0) is 0 Å². The lowest BCUT2D eigenvalue weighted by Crippen LogP contribution is -2.34. The van der Waals surface area contributed by atoms with Gasteiger partial charge in [-0.2, -0.15) is 0 Å². The van der Waals surface area contributed by atoms with Gasteiger partial charge in [-0.05, 0) is 37.3 Å². The zero-order valence-electron chi connectivity index (χ0n) is 12.7. The van der Waals surface area contributed by atoms with Crippen LogP contribution in [0.5, 0.6) is 11.5 Å². The molecule has 0 amide bonds. The maximum atomic E-state index is 5.81. The first-order valence-electron chi connectivity index (χ1n) is 7.58. The molecule has 1 fully saturated rings. The molecular formula is C16H25N3O2. The van der Waals surface area contributed by atoms with Crippen LogP contribution >= 0.6 is 0 Å². The van der Waals surface area contributed by atoms with Gasteiger partial charge < -0.3 is 20.5 Å². The molecule has 0 unspecified atom stereocenters. The van der Waals surface area contributed by atoms with Crippen LogP contribution in [-0.4, -0.2) is 32.8 Å². The van der Waals surface area contributed by atoms with Crippen LogP contribution in [0.1, 0.15) is 25.7 Å². The number of guanidine groups is 1. The summed E-state index contributed by atoms with van der Waals surface area (Å²) in [5.41, 5.74) is 5.81. The van der Waals surface area contributed by atoms with Gasteiger partial charge in [0.15, 0.2) is 5.96 Å². The predicted octanol–water partition coefficient (Wildman–Crippen LogP) is 2.17. The summed E-state index contributed by atoms with van der Waals surface area (Å²) in [6.07, 6.45) is 4.81. The first-order valence-corrected chi connectivity index (χ1v) is 7.58. The summed E-state index contributed by atoms with van der Waals surface area (Å²) in [5, 5.41) is 3.12. The number of hydrogen-bond acceptors (Lipinski definition) is 3. The Morgan fingerprint density at radius 2 is 2.19 bits per heavy atom. The summed E-state index contributed by atoms with van der Waals surface area (Å²) in [7, 11) is 1.65. The van der Waals surface area contributed by atoms with Gasteiger partial charge in [0, 0.05) is 19.2 Å². The SMILES string of the molecule is COc1cccc(OCCCNC(N)=NCC2CCC2)c1. The normalized spacial score (nSPS) is 15.4. The van der Waals surface area contributed by atoms with Crippen molar-refractivity contribution in [2.75, 3.05) is 26.8 Å². The van der Waals surface area contributed by atoms with Crippen molar-refractivity contribution in [3.8, 4) is 11.5 Å². The Kier molecular flexibility index (Phi) is 6.19. The van der Waals surface area contributed by atoms with Crippen molar-refractivity contribution in [3.63, 3.8) is 0 Å². The van der Waals surface area contributed by atoms with Crippen LogP contribution in [0.3, 0.4) is 0 Å². The minimum absolute atomic E-state index is 0.545. The van der Waals surface area contributed by atoms with Crippen molar-refractivity contribution in [1.29, 1.82) is 0 Å². The molecule has 5 nitrogen and oxygen atoms in total. The van der Waals surface area contributed by atoms with E-state index in [2.05, 4.69) is 10.3 Å². The van der Waals surface area contributed by atoms with Crippen LogP contribution in [0.4, 0.5) is 0 Å². The average molecular weight is 291 g/mol. The molecule has 1 aliphatic rings. The summed E-state index contributed by atoms with van der Waals surface area (Å²) in [5.74, 6) is 2.92. The fourth-order valence-electron chi connectivity index (χ4n) is 2.13. The molecule has 21 heavy (non-hydrogen) atoms. The Morgan fingerprint density at radius 1 is 1.38 bits per heavy atom. The number of methoxy groups -OCH3 is 1. The second kappa shape index (κ2) is 8.39. The number of nitrogens with two attached hydrogens (primary N) is 1. The Labute approximate surface area is 126 Å². The molecule has 2 rings (SSSR count). The van der Waals surface area contributed by atoms with E-state index in [9.17, 15) is 0 Å². The number of aliphatic imine (C=N–C) groups is 1. The van der Waals surface area contributed by atoms with Gasteiger partial charge in [0.2, 0.25) is 0 Å². The topological polar surface area (TPSA) is 68.9 Å². The largest absolute Gasteiger partial charge is 0.497 e. The molecule has 3 N–H and O–H groups in total. The number of nitrogens with zero attached hydrogens (tertiary/aromatic N) is 1. The molecule has 0 aliphatic heterocycles. The van der Waals surface area contributed by atoms with Crippen LogP contribution in [0.15, 0.2) is 29.3 Å². The Balaban J connectivity index is 1.56. The van der Waals surface area contributed by atoms with E-state index in [0.29, 0.717) is 12.6 Å². The van der Waals surface area contributed by atoms with Crippen molar-refractivity contribution < 1.29 is 9.47 Å². The first kappa shape index (κ1) is 15.5. The summed E-state index contributed by atoms with van der Waals surface area (Å²) in [4.78, 5) is 4.35. The molecular weight excluding hydrogens is 266 g/mol. The molecule has 0 atom stereocenters. The summed E-state index contributed by atoms with van der Waals surface area (Å²) >= 11 is 0. The molecule has 1 aliphatic carbocycles. The highest BCUT2D eigenvalue weighted by Crippen LogP contribution is 2.26. The highest BCUT2D eigenvalue weighted by Gasteiger charge is 2.16. The van der Waals surface area contributed by atoms with E-state index < -0.39 is 0 Å². The van der Waals surface area contributed by atoms with Gasteiger partial charge in [0.1, 0.15) is 11.5 Å². The van der Waals surface area contributed by atoms with Gasteiger partial charge in [-0.1, -0.05) is 12.5 Å². The van der Waals surface area contributed by atoms with Crippen molar-refractivity contribution in [2.24, 2.45) is 16.6 Å². The van der Waals surface area contributed by atoms with E-state index in [0.717, 1.165) is 36.9 Å². The molecule has 5 heteroatoms. The lowest BCUT2D eigenvalue weighted by molar-refractivity contribution is 0.308. The number of ether oxygens (including phenoxy) is 2. The van der Waals surface area contributed by atoms with Gasteiger partial charge >= 0.3 is 0 Å². The molecule has 1 aromatic carbocycles. The van der Waals surface area contributed by atoms with Crippen LogP contribution in [0.2, 0.25) is 0 Å². The fourth-order valence-corrected chi connectivity index (χ4v) is 2.13. The molecule has 0 heterocycles. The monoisotopic (exact) mass is 291 g/mol. The molecule has 1 saturated carbocycles. The Hall–Kier alpha value is -1.91. The van der Waals surface area contributed by atoms with Gasteiger partial charge in [0.05, 0.1) is 13.7 Å². The quantitative estimate of drug-likeness (QED) is 0.437. The second-order valence-electron chi connectivity index (χ2n) is 5.33. The van der Waals surface area contributed by atoms with Crippen LogP contribution < -0.4 is 20.5 Å². The summed E-state index contributed by atoms with van der Waals surface area (Å²) in [6.45, 7) is 2.26. The number of nitrogens with one attached hydrogen (secondary N) is 1. The van der Waals surface area contributed by atoms with E-state index in [1.54, 1.807) is 7.11 Å². The number of rotatable bonds is 8. The minimum atomic E-state index is 0.545. The Bertz CT molecular complexity index is 459. The van der Waals surface area contributed by atoms with E-state index in [-0.39, 0.29) is 0 Å². The standard InChI is InChI=1S/C16H25N3O2/c1-20-14-7-3-8-15(11-14)21-10-4-9-18-16(17)19-12-13-5-2-6-13/h3,7-8,11,13H,2,4-6,9-10,12H2,1H3,(H3,17,18,19). The van der Waals surface area contributed by atoms with Crippen LogP contribution in [0, 0.1) is 5.92 Å². The van der Waals surface area contributed by atoms with E-state index in [4.69, 9.17) is 15.2 Å². The molecule has 116 valence electrons. The first-order chi connectivity index (χ1) is 10.3. The molecule has 0 aromatic heterocycles. The maximum Gasteiger partial charge on any atom is 0.188 e. The average Bonchev–Trinajstić information content (AvgIpc) is 2.45. The number of hydrogen-bond donors (Lipinski definition) is 2. The van der Waals surface area contributed by atoms with Gasteiger partial charge in [-0.25, -0.2) is 0 Å². The van der Waals surface area contributed by atoms with Crippen molar-refractivity contribution in [1.82, 2.24) is 5.32 Å². The Morgan fingerprint density at radius 3 is 2.90 bits per heavy atom. The highest BCUT2D eigenvalue weighted by atomic mass is 16.5. The van der Waals surface area contributed by atoms with Crippen molar-refractivity contribution >= 4 is 5.96 Å². The van der Waals surface area contributed by atoms with Crippen LogP contribution in [0.25, 0.3) is 0 Å². The predicted molar refractivity (Wildman–Crippen MR) is 84.9 cm³/mol. The molecule has 0 bridgehead atoms. The third-order valence-electron chi connectivity index (χ3n) is 3.68. The van der Waals surface area contributed by atoms with Crippen molar-refractivity contribution in [2.45, 2.75) is 25.7 Å². The van der Waals surface area contributed by atoms with E-state index in [1.165, 1.54) is 19.3 Å². The zero-order chi connectivity index (χ0) is 14.9. The molecule has 1 aromatic rings. The summed E-state index contributed by atoms with van der Waals surface area (Å²) < 4.78 is 10.8. The van der Waals surface area contributed by atoms with Gasteiger partial charge in [-0.15, -0.1) is 0 Å². The third-order valence-corrected chi connectivity index (χ3v) is 3.68.